The lowest BCUT2D eigenvalue weighted by molar-refractivity contribution is 0.383. The molecule has 4 rings (SSSR count). The van der Waals surface area contributed by atoms with Crippen LogP contribution < -0.4 is 4.90 Å². The minimum absolute atomic E-state index is 0.332. The van der Waals surface area contributed by atoms with Gasteiger partial charge in [-0.15, -0.1) is 0 Å². The number of aromatic nitrogens is 6. The monoisotopic (exact) mass is 444 g/mol. The molecule has 3 aromatic heterocycles. The molecule has 0 spiro atoms. The molecular weight excluding hydrogens is 416 g/mol. The summed E-state index contributed by atoms with van der Waals surface area (Å²) in [7, 11) is -3.59. The Balaban J connectivity index is 1.52. The Hall–Kier alpha value is -2.79. The van der Waals surface area contributed by atoms with E-state index in [0.29, 0.717) is 49.0 Å². The second-order valence-corrected chi connectivity index (χ2v) is 9.60. The van der Waals surface area contributed by atoms with Gasteiger partial charge in [-0.05, 0) is 34.6 Å². The first-order valence-corrected chi connectivity index (χ1v) is 11.8. The molecule has 0 bridgehead atoms. The van der Waals surface area contributed by atoms with Crippen LogP contribution in [0.25, 0.3) is 5.82 Å². The molecule has 0 saturated carbocycles. The average Bonchev–Trinajstić information content (AvgIpc) is 3.26. The van der Waals surface area contributed by atoms with E-state index < -0.39 is 10.0 Å². The third-order valence-electron chi connectivity index (χ3n) is 5.91. The van der Waals surface area contributed by atoms with Crippen LogP contribution in [0.2, 0.25) is 0 Å². The van der Waals surface area contributed by atoms with Crippen molar-refractivity contribution < 1.29 is 8.42 Å². The summed E-state index contributed by atoms with van der Waals surface area (Å²) in [5.74, 6) is 1.52. The molecule has 11 heteroatoms. The van der Waals surface area contributed by atoms with E-state index >= 15 is 0 Å². The lowest BCUT2D eigenvalue weighted by Gasteiger charge is -2.34. The van der Waals surface area contributed by atoms with Gasteiger partial charge in [-0.3, -0.25) is 9.25 Å². The molecule has 0 unspecified atom stereocenters. The molecule has 0 N–H and O–H groups in total. The van der Waals surface area contributed by atoms with Crippen LogP contribution in [0, 0.1) is 27.7 Å². The van der Waals surface area contributed by atoms with Gasteiger partial charge in [0, 0.05) is 44.5 Å². The van der Waals surface area contributed by atoms with Crippen LogP contribution in [-0.2, 0) is 16.6 Å². The van der Waals surface area contributed by atoms with Gasteiger partial charge in [0.25, 0.3) is 0 Å². The Kier molecular flexibility index (Phi) is 5.56. The maximum absolute atomic E-state index is 13.3. The standard InChI is InChI=1S/C20H28N8O2S/c1-6-28-17(5)20(15(3)24-28)31(29,30)26-9-7-25(8-10-26)18-11-19(22-12-21-18)27-13-23-14(2)16(27)4/h11-13H,6-10H2,1-5H3. The summed E-state index contributed by atoms with van der Waals surface area (Å²) in [5.41, 5.74) is 3.22. The fourth-order valence-corrected chi connectivity index (χ4v) is 5.81. The number of imidazole rings is 1. The van der Waals surface area contributed by atoms with E-state index in [0.717, 1.165) is 23.0 Å². The first kappa shape index (κ1) is 21.4. The molecule has 10 nitrogen and oxygen atoms in total. The molecule has 1 aliphatic heterocycles. The summed E-state index contributed by atoms with van der Waals surface area (Å²) >= 11 is 0. The topological polar surface area (TPSA) is 102 Å². The number of sulfonamides is 1. The van der Waals surface area contributed by atoms with Gasteiger partial charge in [0.05, 0.1) is 17.1 Å². The minimum Gasteiger partial charge on any atom is -0.354 e. The van der Waals surface area contributed by atoms with Crippen LogP contribution >= 0.6 is 0 Å². The van der Waals surface area contributed by atoms with Crippen molar-refractivity contribution in [3.63, 3.8) is 0 Å². The third kappa shape index (κ3) is 3.72. The third-order valence-corrected chi connectivity index (χ3v) is 8.06. The molecule has 0 aliphatic carbocycles. The second kappa shape index (κ2) is 8.04. The average molecular weight is 445 g/mol. The number of anilines is 1. The van der Waals surface area contributed by atoms with Crippen LogP contribution in [0.3, 0.4) is 0 Å². The molecule has 166 valence electrons. The highest BCUT2D eigenvalue weighted by atomic mass is 32.2. The number of aryl methyl sites for hydroxylation is 3. The van der Waals surface area contributed by atoms with E-state index in [4.69, 9.17) is 0 Å². The quantitative estimate of drug-likeness (QED) is 0.589. The second-order valence-electron chi connectivity index (χ2n) is 7.73. The molecule has 1 fully saturated rings. The van der Waals surface area contributed by atoms with Gasteiger partial charge in [0.1, 0.15) is 29.2 Å². The fourth-order valence-electron chi connectivity index (χ4n) is 4.02. The number of hydrogen-bond acceptors (Lipinski definition) is 7. The van der Waals surface area contributed by atoms with Crippen molar-refractivity contribution in [1.82, 2.24) is 33.6 Å². The fraction of sp³-hybridized carbons (Fsp3) is 0.500. The Bertz CT molecular complexity index is 1210. The van der Waals surface area contributed by atoms with Gasteiger partial charge in [0.15, 0.2) is 0 Å². The summed E-state index contributed by atoms with van der Waals surface area (Å²) in [5, 5.41) is 4.38. The maximum atomic E-state index is 13.3. The highest BCUT2D eigenvalue weighted by molar-refractivity contribution is 7.89. The van der Waals surface area contributed by atoms with Crippen molar-refractivity contribution >= 4 is 15.8 Å². The zero-order valence-electron chi connectivity index (χ0n) is 18.6. The summed E-state index contributed by atoms with van der Waals surface area (Å²) in [6, 6.07) is 1.91. The molecule has 1 aliphatic rings. The molecule has 1 saturated heterocycles. The van der Waals surface area contributed by atoms with Crippen LogP contribution in [0.5, 0.6) is 0 Å². The van der Waals surface area contributed by atoms with Gasteiger partial charge in [-0.25, -0.2) is 23.4 Å². The van der Waals surface area contributed by atoms with Crippen LogP contribution in [-0.4, -0.2) is 68.2 Å². The predicted octanol–water partition coefficient (Wildman–Crippen LogP) is 1.62. The molecule has 31 heavy (non-hydrogen) atoms. The largest absolute Gasteiger partial charge is 0.354 e. The van der Waals surface area contributed by atoms with Crippen molar-refractivity contribution in [3.8, 4) is 5.82 Å². The smallest absolute Gasteiger partial charge is 0.246 e. The number of piperazine rings is 1. The van der Waals surface area contributed by atoms with Gasteiger partial charge in [-0.1, -0.05) is 0 Å². The first-order valence-electron chi connectivity index (χ1n) is 10.4. The van der Waals surface area contributed by atoms with Crippen molar-refractivity contribution in [2.75, 3.05) is 31.1 Å². The molecule has 0 radical (unpaired) electrons. The normalized spacial score (nSPS) is 15.6. The highest BCUT2D eigenvalue weighted by Crippen LogP contribution is 2.26. The summed E-state index contributed by atoms with van der Waals surface area (Å²) in [4.78, 5) is 15.5. The zero-order valence-corrected chi connectivity index (χ0v) is 19.4. The lowest BCUT2D eigenvalue weighted by Crippen LogP contribution is -2.49. The van der Waals surface area contributed by atoms with Gasteiger partial charge >= 0.3 is 0 Å². The van der Waals surface area contributed by atoms with Crippen molar-refractivity contribution in [2.24, 2.45) is 0 Å². The van der Waals surface area contributed by atoms with E-state index in [1.54, 1.807) is 22.2 Å². The summed E-state index contributed by atoms with van der Waals surface area (Å²) in [6.07, 6.45) is 3.29. The van der Waals surface area contributed by atoms with Crippen LogP contribution in [0.4, 0.5) is 5.82 Å². The molecule has 0 aromatic carbocycles. The van der Waals surface area contributed by atoms with E-state index in [-0.39, 0.29) is 0 Å². The van der Waals surface area contributed by atoms with Gasteiger partial charge in [-0.2, -0.15) is 9.40 Å². The minimum atomic E-state index is -3.59. The Morgan fingerprint density at radius 1 is 0.903 bits per heavy atom. The SMILES string of the molecule is CCn1nc(C)c(S(=O)(=O)N2CCN(c3cc(-n4cnc(C)c4C)ncn3)CC2)c1C. The summed E-state index contributed by atoms with van der Waals surface area (Å²) < 4.78 is 31.8. The molecule has 0 atom stereocenters. The molecule has 3 aromatic rings. The van der Waals surface area contributed by atoms with Crippen LogP contribution in [0.1, 0.15) is 29.7 Å². The Labute approximate surface area is 182 Å². The Morgan fingerprint density at radius 2 is 1.58 bits per heavy atom. The lowest BCUT2D eigenvalue weighted by atomic mass is 10.3. The Morgan fingerprint density at radius 3 is 2.16 bits per heavy atom. The number of rotatable bonds is 5. The first-order chi connectivity index (χ1) is 14.7. The summed E-state index contributed by atoms with van der Waals surface area (Å²) in [6.45, 7) is 12.0. The van der Waals surface area contributed by atoms with Crippen molar-refractivity contribution in [2.45, 2.75) is 46.1 Å². The molecule has 4 heterocycles. The highest BCUT2D eigenvalue weighted by Gasteiger charge is 2.33. The maximum Gasteiger partial charge on any atom is 0.246 e. The predicted molar refractivity (Wildman–Crippen MR) is 117 cm³/mol. The van der Waals surface area contributed by atoms with E-state index in [1.807, 2.05) is 38.3 Å². The van der Waals surface area contributed by atoms with Crippen molar-refractivity contribution in [1.29, 1.82) is 0 Å². The van der Waals surface area contributed by atoms with Crippen LogP contribution in [0.15, 0.2) is 23.6 Å². The zero-order chi connectivity index (χ0) is 22.3. The number of nitrogens with zero attached hydrogens (tertiary/aromatic N) is 8. The van der Waals surface area contributed by atoms with Gasteiger partial charge < -0.3 is 4.90 Å². The molecule has 0 amide bonds. The van der Waals surface area contributed by atoms with E-state index in [1.165, 1.54) is 6.33 Å². The van der Waals surface area contributed by atoms with E-state index in [2.05, 4.69) is 25.0 Å². The molecular formula is C20H28N8O2S. The van der Waals surface area contributed by atoms with Gasteiger partial charge in [0.2, 0.25) is 10.0 Å². The van der Waals surface area contributed by atoms with E-state index in [9.17, 15) is 8.42 Å². The van der Waals surface area contributed by atoms with Crippen molar-refractivity contribution in [3.05, 3.63) is 41.5 Å². The number of hydrogen-bond donors (Lipinski definition) is 0.